The molecule has 1 aliphatic carbocycles. The van der Waals surface area contributed by atoms with Gasteiger partial charge >= 0.3 is 0 Å². The summed E-state index contributed by atoms with van der Waals surface area (Å²) in [6, 6.07) is 8.33. The van der Waals surface area contributed by atoms with Gasteiger partial charge in [0.2, 0.25) is 0 Å². The highest BCUT2D eigenvalue weighted by Crippen LogP contribution is 2.30. The van der Waals surface area contributed by atoms with Gasteiger partial charge in [0.05, 0.1) is 0 Å². The molecule has 0 amide bonds. The van der Waals surface area contributed by atoms with E-state index in [2.05, 4.69) is 21.2 Å². The standard InChI is InChI=1S/C14H16BrNO2/c1-14(17,8-16-11-3-4-11)13-7-9-6-10(15)2-5-12(9)18-13/h2,5-7,11,16-17H,3-4,8H2,1H3. The van der Waals surface area contributed by atoms with E-state index in [9.17, 15) is 5.11 Å². The largest absolute Gasteiger partial charge is 0.458 e. The van der Waals surface area contributed by atoms with Crippen LogP contribution in [0.25, 0.3) is 11.0 Å². The summed E-state index contributed by atoms with van der Waals surface area (Å²) in [5, 5.41) is 14.8. The number of furan rings is 1. The summed E-state index contributed by atoms with van der Waals surface area (Å²) >= 11 is 3.43. The molecule has 0 radical (unpaired) electrons. The van der Waals surface area contributed by atoms with Gasteiger partial charge in [-0.2, -0.15) is 0 Å². The van der Waals surface area contributed by atoms with Crippen LogP contribution in [0, 0.1) is 0 Å². The first-order chi connectivity index (χ1) is 8.54. The Morgan fingerprint density at radius 3 is 2.94 bits per heavy atom. The third kappa shape index (κ3) is 2.46. The molecule has 18 heavy (non-hydrogen) atoms. The van der Waals surface area contributed by atoms with Gasteiger partial charge in [-0.15, -0.1) is 0 Å². The first kappa shape index (κ1) is 12.2. The molecule has 0 bridgehead atoms. The highest BCUT2D eigenvalue weighted by atomic mass is 79.9. The second-order valence-corrected chi connectivity index (χ2v) is 6.14. The summed E-state index contributed by atoms with van der Waals surface area (Å²) in [5.74, 6) is 0.615. The van der Waals surface area contributed by atoms with Crippen molar-refractivity contribution in [2.24, 2.45) is 0 Å². The molecular formula is C14H16BrNO2. The highest BCUT2D eigenvalue weighted by molar-refractivity contribution is 9.10. The minimum Gasteiger partial charge on any atom is -0.458 e. The van der Waals surface area contributed by atoms with Crippen molar-refractivity contribution in [1.82, 2.24) is 5.32 Å². The average Bonchev–Trinajstić information content (AvgIpc) is 3.05. The molecule has 3 rings (SSSR count). The van der Waals surface area contributed by atoms with E-state index < -0.39 is 5.60 Å². The first-order valence-corrected chi connectivity index (χ1v) is 6.99. The summed E-state index contributed by atoms with van der Waals surface area (Å²) in [7, 11) is 0. The van der Waals surface area contributed by atoms with Crippen LogP contribution in [0.4, 0.5) is 0 Å². The summed E-state index contributed by atoms with van der Waals surface area (Å²) < 4.78 is 6.74. The molecule has 2 N–H and O–H groups in total. The van der Waals surface area contributed by atoms with Crippen molar-refractivity contribution < 1.29 is 9.52 Å². The van der Waals surface area contributed by atoms with Gasteiger partial charge in [0.25, 0.3) is 0 Å². The molecule has 2 aromatic rings. The lowest BCUT2D eigenvalue weighted by atomic mass is 10.0. The molecule has 1 fully saturated rings. The molecule has 96 valence electrons. The lowest BCUT2D eigenvalue weighted by Gasteiger charge is -2.21. The van der Waals surface area contributed by atoms with Crippen LogP contribution < -0.4 is 5.32 Å². The maximum absolute atomic E-state index is 10.5. The van der Waals surface area contributed by atoms with Crippen LogP contribution in [0.1, 0.15) is 25.5 Å². The lowest BCUT2D eigenvalue weighted by Crippen LogP contribution is -2.36. The van der Waals surface area contributed by atoms with E-state index in [1.54, 1.807) is 6.92 Å². The zero-order chi connectivity index (χ0) is 12.8. The van der Waals surface area contributed by atoms with E-state index >= 15 is 0 Å². The zero-order valence-electron chi connectivity index (χ0n) is 10.2. The second-order valence-electron chi connectivity index (χ2n) is 5.22. The quantitative estimate of drug-likeness (QED) is 0.912. The van der Waals surface area contributed by atoms with E-state index in [1.165, 1.54) is 12.8 Å². The Hall–Kier alpha value is -0.840. The Morgan fingerprint density at radius 1 is 1.44 bits per heavy atom. The summed E-state index contributed by atoms with van der Waals surface area (Å²) in [6.07, 6.45) is 2.42. The number of nitrogens with one attached hydrogen (secondary N) is 1. The molecule has 1 unspecified atom stereocenters. The highest BCUT2D eigenvalue weighted by Gasteiger charge is 2.30. The van der Waals surface area contributed by atoms with E-state index in [4.69, 9.17) is 4.42 Å². The number of halogens is 1. The molecule has 1 heterocycles. The van der Waals surface area contributed by atoms with Gasteiger partial charge < -0.3 is 14.8 Å². The fraction of sp³-hybridized carbons (Fsp3) is 0.429. The molecule has 0 saturated heterocycles. The third-order valence-electron chi connectivity index (χ3n) is 3.32. The van der Waals surface area contributed by atoms with Crippen LogP contribution in [0.15, 0.2) is 33.2 Å². The van der Waals surface area contributed by atoms with Crippen molar-refractivity contribution in [2.75, 3.05) is 6.54 Å². The van der Waals surface area contributed by atoms with Crippen molar-refractivity contribution in [3.63, 3.8) is 0 Å². The molecular weight excluding hydrogens is 294 g/mol. The number of fused-ring (bicyclic) bond motifs is 1. The SMILES string of the molecule is CC(O)(CNC1CC1)c1cc2cc(Br)ccc2o1. The van der Waals surface area contributed by atoms with Crippen molar-refractivity contribution in [1.29, 1.82) is 0 Å². The van der Waals surface area contributed by atoms with Gasteiger partial charge in [-0.05, 0) is 44.0 Å². The van der Waals surface area contributed by atoms with Crippen molar-refractivity contribution >= 4 is 26.9 Å². The van der Waals surface area contributed by atoms with Crippen molar-refractivity contribution in [3.05, 3.63) is 34.5 Å². The minimum absolute atomic E-state index is 0.526. The van der Waals surface area contributed by atoms with E-state index in [1.807, 2.05) is 24.3 Å². The first-order valence-electron chi connectivity index (χ1n) is 6.20. The van der Waals surface area contributed by atoms with Crippen LogP contribution in [0.5, 0.6) is 0 Å². The summed E-state index contributed by atoms with van der Waals surface area (Å²) in [5.41, 5.74) is -0.159. The molecule has 3 nitrogen and oxygen atoms in total. The van der Waals surface area contributed by atoms with Gasteiger partial charge in [0.15, 0.2) is 0 Å². The van der Waals surface area contributed by atoms with E-state index in [-0.39, 0.29) is 0 Å². The minimum atomic E-state index is -0.964. The molecule has 1 saturated carbocycles. The Labute approximate surface area is 114 Å². The number of rotatable bonds is 4. The smallest absolute Gasteiger partial charge is 0.137 e. The Kier molecular flexibility index (Phi) is 2.96. The third-order valence-corrected chi connectivity index (χ3v) is 3.81. The zero-order valence-corrected chi connectivity index (χ0v) is 11.8. The number of aliphatic hydroxyl groups is 1. The number of benzene rings is 1. The maximum atomic E-state index is 10.5. The predicted molar refractivity (Wildman–Crippen MR) is 74.5 cm³/mol. The van der Waals surface area contributed by atoms with Crippen LogP contribution in [0.3, 0.4) is 0 Å². The Bertz CT molecular complexity index is 572. The van der Waals surface area contributed by atoms with Crippen LogP contribution in [-0.4, -0.2) is 17.7 Å². The summed E-state index contributed by atoms with van der Waals surface area (Å²) in [4.78, 5) is 0. The maximum Gasteiger partial charge on any atom is 0.137 e. The van der Waals surface area contributed by atoms with Gasteiger partial charge in [0.1, 0.15) is 16.9 Å². The fourth-order valence-corrected chi connectivity index (χ4v) is 2.38. The van der Waals surface area contributed by atoms with Gasteiger partial charge in [-0.25, -0.2) is 0 Å². The molecule has 1 aromatic heterocycles. The second kappa shape index (κ2) is 4.37. The Morgan fingerprint density at radius 2 is 2.22 bits per heavy atom. The molecule has 4 heteroatoms. The molecule has 0 aliphatic heterocycles. The van der Waals surface area contributed by atoms with Crippen molar-refractivity contribution in [3.8, 4) is 0 Å². The number of hydrogen-bond acceptors (Lipinski definition) is 3. The predicted octanol–water partition coefficient (Wildman–Crippen LogP) is 3.15. The van der Waals surface area contributed by atoms with Crippen molar-refractivity contribution in [2.45, 2.75) is 31.4 Å². The van der Waals surface area contributed by atoms with Gasteiger partial charge in [0, 0.05) is 22.4 Å². The molecule has 1 aliphatic rings. The fourth-order valence-electron chi connectivity index (χ4n) is 2.00. The summed E-state index contributed by atoms with van der Waals surface area (Å²) in [6.45, 7) is 2.31. The number of hydrogen-bond donors (Lipinski definition) is 2. The van der Waals surface area contributed by atoms with Gasteiger partial charge in [-0.1, -0.05) is 15.9 Å². The molecule has 1 aromatic carbocycles. The van der Waals surface area contributed by atoms with E-state index in [0.29, 0.717) is 18.3 Å². The lowest BCUT2D eigenvalue weighted by molar-refractivity contribution is 0.0355. The van der Waals surface area contributed by atoms with Crippen LogP contribution in [0.2, 0.25) is 0 Å². The van der Waals surface area contributed by atoms with Crippen LogP contribution >= 0.6 is 15.9 Å². The van der Waals surface area contributed by atoms with Crippen LogP contribution in [-0.2, 0) is 5.60 Å². The van der Waals surface area contributed by atoms with E-state index in [0.717, 1.165) is 15.4 Å². The topological polar surface area (TPSA) is 45.4 Å². The molecule has 1 atom stereocenters. The Balaban J connectivity index is 1.87. The normalized spacial score (nSPS) is 19.1. The average molecular weight is 310 g/mol. The molecule has 0 spiro atoms. The van der Waals surface area contributed by atoms with Gasteiger partial charge in [-0.3, -0.25) is 0 Å². The monoisotopic (exact) mass is 309 g/mol.